The van der Waals surface area contributed by atoms with Crippen molar-refractivity contribution in [2.75, 3.05) is 10.6 Å². The largest absolute Gasteiger partial charge is 0.481 e. The topological polar surface area (TPSA) is 141 Å². The van der Waals surface area contributed by atoms with Crippen molar-refractivity contribution in [1.82, 2.24) is 4.98 Å². The van der Waals surface area contributed by atoms with Gasteiger partial charge in [-0.15, -0.1) is 0 Å². The maximum Gasteiger partial charge on any atom is 0.303 e. The molecular weight excluding hydrogens is 342 g/mol. The number of hydrogen-bond acceptors (Lipinski definition) is 5. The maximum absolute atomic E-state index is 11.9. The molecule has 0 atom stereocenters. The SMILES string of the molecule is Cc1nc(NC(=N)N)sc1-c1cccc(NC(=O)CCCC(=O)O)c1. The fourth-order valence-electron chi connectivity index (χ4n) is 2.19. The van der Waals surface area contributed by atoms with E-state index in [2.05, 4.69) is 15.6 Å². The zero-order valence-electron chi connectivity index (χ0n) is 13.6. The van der Waals surface area contributed by atoms with E-state index in [-0.39, 0.29) is 24.7 Å². The molecule has 25 heavy (non-hydrogen) atoms. The van der Waals surface area contributed by atoms with Crippen LogP contribution in [0.2, 0.25) is 0 Å². The number of nitrogens with zero attached hydrogens (tertiary/aromatic N) is 1. The van der Waals surface area contributed by atoms with Crippen LogP contribution in [0.1, 0.15) is 25.0 Å². The number of amides is 1. The van der Waals surface area contributed by atoms with E-state index in [1.54, 1.807) is 6.07 Å². The number of thiazole rings is 1. The molecule has 132 valence electrons. The van der Waals surface area contributed by atoms with Gasteiger partial charge in [0.1, 0.15) is 0 Å². The lowest BCUT2D eigenvalue weighted by atomic mass is 10.1. The number of aromatic nitrogens is 1. The molecule has 0 bridgehead atoms. The van der Waals surface area contributed by atoms with Gasteiger partial charge < -0.3 is 21.5 Å². The Balaban J connectivity index is 2.08. The number of hydrogen-bond donors (Lipinski definition) is 5. The molecule has 9 heteroatoms. The van der Waals surface area contributed by atoms with E-state index < -0.39 is 5.97 Å². The first kappa shape index (κ1) is 18.4. The quantitative estimate of drug-likeness (QED) is 0.379. The zero-order chi connectivity index (χ0) is 18.4. The van der Waals surface area contributed by atoms with Crippen LogP contribution in [0.3, 0.4) is 0 Å². The number of nitrogens with one attached hydrogen (secondary N) is 3. The highest BCUT2D eigenvalue weighted by atomic mass is 32.1. The van der Waals surface area contributed by atoms with Gasteiger partial charge >= 0.3 is 5.97 Å². The molecule has 0 aliphatic rings. The molecule has 0 saturated carbocycles. The second-order valence-electron chi connectivity index (χ2n) is 5.35. The van der Waals surface area contributed by atoms with Gasteiger partial charge in [-0.05, 0) is 31.0 Å². The monoisotopic (exact) mass is 361 g/mol. The summed E-state index contributed by atoms with van der Waals surface area (Å²) in [4.78, 5) is 27.6. The summed E-state index contributed by atoms with van der Waals surface area (Å²) in [6.45, 7) is 1.86. The molecule has 0 spiro atoms. The van der Waals surface area contributed by atoms with Gasteiger partial charge in [-0.2, -0.15) is 0 Å². The number of nitrogens with two attached hydrogens (primary N) is 1. The summed E-state index contributed by atoms with van der Waals surface area (Å²) < 4.78 is 0. The first-order chi connectivity index (χ1) is 11.8. The Hall–Kier alpha value is -2.94. The molecule has 1 heterocycles. The normalized spacial score (nSPS) is 10.3. The van der Waals surface area contributed by atoms with Gasteiger partial charge in [-0.1, -0.05) is 23.5 Å². The molecule has 0 saturated heterocycles. The van der Waals surface area contributed by atoms with Gasteiger partial charge in [0.15, 0.2) is 11.1 Å². The lowest BCUT2D eigenvalue weighted by Crippen LogP contribution is -2.20. The van der Waals surface area contributed by atoms with Crippen LogP contribution >= 0.6 is 11.3 Å². The number of carbonyl (C=O) groups excluding carboxylic acids is 1. The highest BCUT2D eigenvalue weighted by molar-refractivity contribution is 7.19. The summed E-state index contributed by atoms with van der Waals surface area (Å²) in [5, 5.41) is 21.8. The van der Waals surface area contributed by atoms with Crippen molar-refractivity contribution in [1.29, 1.82) is 5.41 Å². The summed E-state index contributed by atoms with van der Waals surface area (Å²) in [6, 6.07) is 7.31. The molecule has 0 aliphatic heterocycles. The van der Waals surface area contributed by atoms with Gasteiger partial charge in [-0.25, -0.2) is 4.98 Å². The summed E-state index contributed by atoms with van der Waals surface area (Å²) in [5.41, 5.74) is 7.62. The van der Waals surface area contributed by atoms with Crippen LogP contribution in [-0.2, 0) is 9.59 Å². The number of aryl methyl sites for hydroxylation is 1. The van der Waals surface area contributed by atoms with Crippen LogP contribution in [0, 0.1) is 12.3 Å². The zero-order valence-corrected chi connectivity index (χ0v) is 14.4. The van der Waals surface area contributed by atoms with E-state index in [1.165, 1.54) is 11.3 Å². The Kier molecular flexibility index (Phi) is 6.07. The van der Waals surface area contributed by atoms with E-state index in [0.717, 1.165) is 16.1 Å². The van der Waals surface area contributed by atoms with Crippen LogP contribution in [-0.4, -0.2) is 27.9 Å². The third-order valence-corrected chi connectivity index (χ3v) is 4.36. The smallest absolute Gasteiger partial charge is 0.303 e. The Labute approximate surface area is 148 Å². The second-order valence-corrected chi connectivity index (χ2v) is 6.35. The average molecular weight is 361 g/mol. The van der Waals surface area contributed by atoms with E-state index >= 15 is 0 Å². The molecule has 2 aromatic rings. The van der Waals surface area contributed by atoms with Crippen molar-refractivity contribution in [3.8, 4) is 10.4 Å². The molecule has 6 N–H and O–H groups in total. The molecule has 1 amide bonds. The summed E-state index contributed by atoms with van der Waals surface area (Å²) in [5.74, 6) is -1.31. The Morgan fingerprint density at radius 1 is 1.32 bits per heavy atom. The molecule has 0 aliphatic carbocycles. The fraction of sp³-hybridized carbons (Fsp3) is 0.250. The molecule has 2 rings (SSSR count). The number of aliphatic carboxylic acids is 1. The third-order valence-electron chi connectivity index (χ3n) is 3.24. The van der Waals surface area contributed by atoms with E-state index in [9.17, 15) is 9.59 Å². The van der Waals surface area contributed by atoms with Crippen molar-refractivity contribution in [2.45, 2.75) is 26.2 Å². The van der Waals surface area contributed by atoms with E-state index in [1.807, 2.05) is 25.1 Å². The number of carboxylic acid groups (broad SMARTS) is 1. The van der Waals surface area contributed by atoms with Crippen molar-refractivity contribution < 1.29 is 14.7 Å². The Bertz CT molecular complexity index is 803. The van der Waals surface area contributed by atoms with E-state index in [4.69, 9.17) is 16.2 Å². The minimum Gasteiger partial charge on any atom is -0.481 e. The maximum atomic E-state index is 11.9. The van der Waals surface area contributed by atoms with Crippen LogP contribution < -0.4 is 16.4 Å². The number of rotatable bonds is 7. The van der Waals surface area contributed by atoms with Gasteiger partial charge in [0.25, 0.3) is 0 Å². The lowest BCUT2D eigenvalue weighted by molar-refractivity contribution is -0.137. The van der Waals surface area contributed by atoms with Crippen LogP contribution in [0.5, 0.6) is 0 Å². The highest BCUT2D eigenvalue weighted by Crippen LogP contribution is 2.33. The van der Waals surface area contributed by atoms with Gasteiger partial charge in [-0.3, -0.25) is 15.0 Å². The highest BCUT2D eigenvalue weighted by Gasteiger charge is 2.11. The third kappa shape index (κ3) is 5.57. The fourth-order valence-corrected chi connectivity index (χ4v) is 3.17. The summed E-state index contributed by atoms with van der Waals surface area (Å²) >= 11 is 1.36. The van der Waals surface area contributed by atoms with Crippen molar-refractivity contribution >= 4 is 40.0 Å². The molecule has 1 aromatic carbocycles. The van der Waals surface area contributed by atoms with Crippen molar-refractivity contribution in [3.63, 3.8) is 0 Å². The number of guanidine groups is 1. The average Bonchev–Trinajstić information content (AvgIpc) is 2.86. The first-order valence-corrected chi connectivity index (χ1v) is 8.37. The number of anilines is 2. The second kappa shape index (κ2) is 8.25. The number of carboxylic acids is 1. The van der Waals surface area contributed by atoms with Crippen molar-refractivity contribution in [3.05, 3.63) is 30.0 Å². The first-order valence-electron chi connectivity index (χ1n) is 7.55. The standard InChI is InChI=1S/C16H19N5O3S/c1-9-14(25-16(19-9)21-15(17)18)10-4-2-5-11(8-10)20-12(22)6-3-7-13(23)24/h2,4-5,8H,3,6-7H2,1H3,(H,20,22)(H,23,24)(H4,17,18,19,21). The molecule has 0 unspecified atom stereocenters. The minimum absolute atomic E-state index is 0.0283. The van der Waals surface area contributed by atoms with Crippen LogP contribution in [0.4, 0.5) is 10.8 Å². The van der Waals surface area contributed by atoms with Gasteiger partial charge in [0.05, 0.1) is 10.6 Å². The predicted octanol–water partition coefficient (Wildman–Crippen LogP) is 2.62. The van der Waals surface area contributed by atoms with Gasteiger partial charge in [0, 0.05) is 18.5 Å². The molecule has 0 radical (unpaired) electrons. The Morgan fingerprint density at radius 2 is 2.08 bits per heavy atom. The van der Waals surface area contributed by atoms with Crippen molar-refractivity contribution in [2.24, 2.45) is 5.73 Å². The molecular formula is C16H19N5O3S. The Morgan fingerprint density at radius 3 is 2.76 bits per heavy atom. The summed E-state index contributed by atoms with van der Waals surface area (Å²) in [6.07, 6.45) is 0.428. The van der Waals surface area contributed by atoms with Crippen LogP contribution in [0.15, 0.2) is 24.3 Å². The summed E-state index contributed by atoms with van der Waals surface area (Å²) in [7, 11) is 0. The van der Waals surface area contributed by atoms with Gasteiger partial charge in [0.2, 0.25) is 5.91 Å². The van der Waals surface area contributed by atoms with Crippen LogP contribution in [0.25, 0.3) is 10.4 Å². The lowest BCUT2D eigenvalue weighted by Gasteiger charge is -2.07. The molecule has 0 fully saturated rings. The molecule has 8 nitrogen and oxygen atoms in total. The number of carbonyl (C=O) groups is 2. The number of benzene rings is 1. The van der Waals surface area contributed by atoms with E-state index in [0.29, 0.717) is 17.2 Å². The predicted molar refractivity (Wildman–Crippen MR) is 97.9 cm³/mol. The molecule has 1 aromatic heterocycles. The minimum atomic E-state index is -0.912.